The summed E-state index contributed by atoms with van der Waals surface area (Å²) < 4.78 is 11.1. The zero-order valence-electron chi connectivity index (χ0n) is 12.3. The molecule has 110 valence electrons. The lowest BCUT2D eigenvalue weighted by atomic mass is 9.95. The lowest BCUT2D eigenvalue weighted by molar-refractivity contribution is -0.0111. The monoisotopic (exact) mass is 270 g/mol. The third-order valence-corrected chi connectivity index (χ3v) is 4.33. The third-order valence-electron chi connectivity index (χ3n) is 4.33. The first kappa shape index (κ1) is 14.6. The second-order valence-corrected chi connectivity index (χ2v) is 5.92. The predicted octanol–water partition coefficient (Wildman–Crippen LogP) is 1.76. The van der Waals surface area contributed by atoms with Crippen molar-refractivity contribution in [2.75, 3.05) is 26.8 Å². The standard InChI is InChI=1S/C14H26N2O3/c1-11(2)19-10-14-6-4-8-16(14)12(5-7-14)9-18-13(17)15-3/h11-12H,4-10H2,1-3H3,(H,15,17)/t12?,14-/m1/s1. The Labute approximate surface area is 115 Å². The Morgan fingerprint density at radius 3 is 2.95 bits per heavy atom. The predicted molar refractivity (Wildman–Crippen MR) is 73.2 cm³/mol. The highest BCUT2D eigenvalue weighted by Crippen LogP contribution is 2.42. The smallest absolute Gasteiger partial charge is 0.406 e. The number of alkyl carbamates (subject to hydrolysis) is 1. The van der Waals surface area contributed by atoms with E-state index in [2.05, 4.69) is 24.1 Å². The first-order valence-corrected chi connectivity index (χ1v) is 7.30. The van der Waals surface area contributed by atoms with Crippen molar-refractivity contribution in [3.8, 4) is 0 Å². The molecule has 0 aromatic carbocycles. The van der Waals surface area contributed by atoms with Crippen molar-refractivity contribution in [2.45, 2.75) is 57.2 Å². The van der Waals surface area contributed by atoms with Crippen LogP contribution < -0.4 is 5.32 Å². The minimum atomic E-state index is -0.338. The molecule has 2 rings (SSSR count). The Hall–Kier alpha value is -0.810. The Morgan fingerprint density at radius 1 is 1.47 bits per heavy atom. The zero-order valence-corrected chi connectivity index (χ0v) is 12.3. The van der Waals surface area contributed by atoms with E-state index in [1.54, 1.807) is 7.05 Å². The maximum atomic E-state index is 11.2. The fourth-order valence-electron chi connectivity index (χ4n) is 3.36. The highest BCUT2D eigenvalue weighted by atomic mass is 16.5. The lowest BCUT2D eigenvalue weighted by Gasteiger charge is -2.35. The number of nitrogens with one attached hydrogen (secondary N) is 1. The van der Waals surface area contributed by atoms with Crippen molar-refractivity contribution < 1.29 is 14.3 Å². The molecule has 2 aliphatic heterocycles. The van der Waals surface area contributed by atoms with Crippen molar-refractivity contribution in [3.05, 3.63) is 0 Å². The van der Waals surface area contributed by atoms with Crippen LogP contribution in [-0.2, 0) is 9.47 Å². The van der Waals surface area contributed by atoms with Crippen LogP contribution in [0.4, 0.5) is 4.79 Å². The topological polar surface area (TPSA) is 50.8 Å². The van der Waals surface area contributed by atoms with Gasteiger partial charge in [0, 0.05) is 18.6 Å². The highest BCUT2D eigenvalue weighted by Gasteiger charge is 2.49. The van der Waals surface area contributed by atoms with Crippen LogP contribution in [0.3, 0.4) is 0 Å². The summed E-state index contributed by atoms with van der Waals surface area (Å²) in [4.78, 5) is 13.7. The number of carbonyl (C=O) groups is 1. The van der Waals surface area contributed by atoms with Gasteiger partial charge in [0.25, 0.3) is 0 Å². The summed E-state index contributed by atoms with van der Waals surface area (Å²) in [6.07, 6.45) is 4.61. The van der Waals surface area contributed by atoms with Gasteiger partial charge < -0.3 is 14.8 Å². The molecule has 2 heterocycles. The summed E-state index contributed by atoms with van der Waals surface area (Å²) >= 11 is 0. The normalized spacial score (nSPS) is 30.6. The molecule has 1 N–H and O–H groups in total. The SMILES string of the molecule is CNC(=O)OCC1CC[C@@]2(COC(C)C)CCCN12. The molecule has 2 saturated heterocycles. The van der Waals surface area contributed by atoms with Gasteiger partial charge in [-0.15, -0.1) is 0 Å². The summed E-state index contributed by atoms with van der Waals surface area (Å²) in [5.41, 5.74) is 0.195. The second kappa shape index (κ2) is 6.09. The number of hydrogen-bond donors (Lipinski definition) is 1. The van der Waals surface area contributed by atoms with Crippen molar-refractivity contribution in [2.24, 2.45) is 0 Å². The van der Waals surface area contributed by atoms with E-state index in [1.165, 1.54) is 12.8 Å². The van der Waals surface area contributed by atoms with Gasteiger partial charge in [-0.25, -0.2) is 4.79 Å². The summed E-state index contributed by atoms with van der Waals surface area (Å²) in [5, 5.41) is 2.49. The maximum absolute atomic E-state index is 11.2. The summed E-state index contributed by atoms with van der Waals surface area (Å²) in [6, 6.07) is 0.357. The van der Waals surface area contributed by atoms with Crippen LogP contribution in [0.15, 0.2) is 0 Å². The van der Waals surface area contributed by atoms with Gasteiger partial charge in [0.05, 0.1) is 12.7 Å². The van der Waals surface area contributed by atoms with Crippen LogP contribution in [0.1, 0.15) is 39.5 Å². The molecule has 0 aliphatic carbocycles. The molecule has 1 unspecified atom stereocenters. The minimum absolute atomic E-state index is 0.195. The Bertz CT molecular complexity index is 322. The average molecular weight is 270 g/mol. The molecule has 2 fully saturated rings. The van der Waals surface area contributed by atoms with Crippen molar-refractivity contribution in [1.82, 2.24) is 10.2 Å². The van der Waals surface area contributed by atoms with Gasteiger partial charge in [-0.2, -0.15) is 0 Å². The molecular formula is C14H26N2O3. The molecule has 5 nitrogen and oxygen atoms in total. The number of carbonyl (C=O) groups excluding carboxylic acids is 1. The molecule has 2 aliphatic rings. The molecule has 0 aromatic heterocycles. The number of nitrogens with zero attached hydrogens (tertiary/aromatic N) is 1. The molecular weight excluding hydrogens is 244 g/mol. The first-order chi connectivity index (χ1) is 9.07. The number of hydrogen-bond acceptors (Lipinski definition) is 4. The summed E-state index contributed by atoms with van der Waals surface area (Å²) in [5.74, 6) is 0. The van der Waals surface area contributed by atoms with Crippen LogP contribution in [0.25, 0.3) is 0 Å². The zero-order chi connectivity index (χ0) is 13.9. The Kier molecular flexibility index (Phi) is 4.68. The van der Waals surface area contributed by atoms with Gasteiger partial charge in [0.2, 0.25) is 0 Å². The lowest BCUT2D eigenvalue weighted by Crippen LogP contribution is -2.47. The van der Waals surface area contributed by atoms with Crippen LogP contribution in [-0.4, -0.2) is 55.5 Å². The summed E-state index contributed by atoms with van der Waals surface area (Å²) in [6.45, 7) is 6.56. The number of amides is 1. The van der Waals surface area contributed by atoms with Crippen LogP contribution >= 0.6 is 0 Å². The quantitative estimate of drug-likeness (QED) is 0.827. The van der Waals surface area contributed by atoms with Gasteiger partial charge >= 0.3 is 6.09 Å². The number of rotatable bonds is 5. The Morgan fingerprint density at radius 2 is 2.26 bits per heavy atom. The van der Waals surface area contributed by atoms with Crippen molar-refractivity contribution >= 4 is 6.09 Å². The molecule has 0 radical (unpaired) electrons. The van der Waals surface area contributed by atoms with E-state index < -0.39 is 0 Å². The molecule has 19 heavy (non-hydrogen) atoms. The summed E-state index contributed by atoms with van der Waals surface area (Å²) in [7, 11) is 1.59. The van der Waals surface area contributed by atoms with E-state index in [9.17, 15) is 4.79 Å². The van der Waals surface area contributed by atoms with E-state index in [-0.39, 0.29) is 17.7 Å². The second-order valence-electron chi connectivity index (χ2n) is 5.92. The first-order valence-electron chi connectivity index (χ1n) is 7.30. The molecule has 5 heteroatoms. The molecule has 0 bridgehead atoms. The molecule has 1 amide bonds. The molecule has 2 atom stereocenters. The van der Waals surface area contributed by atoms with E-state index in [4.69, 9.17) is 9.47 Å². The van der Waals surface area contributed by atoms with Gasteiger partial charge in [-0.1, -0.05) is 0 Å². The minimum Gasteiger partial charge on any atom is -0.448 e. The Balaban J connectivity index is 1.90. The van der Waals surface area contributed by atoms with Crippen LogP contribution in [0, 0.1) is 0 Å². The molecule has 0 saturated carbocycles. The number of fused-ring (bicyclic) bond motifs is 1. The average Bonchev–Trinajstić information content (AvgIpc) is 2.93. The maximum Gasteiger partial charge on any atom is 0.406 e. The van der Waals surface area contributed by atoms with Gasteiger partial charge in [-0.3, -0.25) is 4.90 Å². The molecule has 0 aromatic rings. The fraction of sp³-hybridized carbons (Fsp3) is 0.929. The fourth-order valence-corrected chi connectivity index (χ4v) is 3.36. The van der Waals surface area contributed by atoms with Crippen LogP contribution in [0.2, 0.25) is 0 Å². The van der Waals surface area contributed by atoms with E-state index in [0.717, 1.165) is 26.0 Å². The van der Waals surface area contributed by atoms with Crippen LogP contribution in [0.5, 0.6) is 0 Å². The van der Waals surface area contributed by atoms with E-state index >= 15 is 0 Å². The van der Waals surface area contributed by atoms with Gasteiger partial charge in [0.15, 0.2) is 0 Å². The van der Waals surface area contributed by atoms with E-state index in [0.29, 0.717) is 12.6 Å². The van der Waals surface area contributed by atoms with Crippen molar-refractivity contribution in [1.29, 1.82) is 0 Å². The van der Waals surface area contributed by atoms with Gasteiger partial charge in [-0.05, 0) is 46.1 Å². The third kappa shape index (κ3) is 3.20. The van der Waals surface area contributed by atoms with E-state index in [1.807, 2.05) is 0 Å². The van der Waals surface area contributed by atoms with Crippen molar-refractivity contribution in [3.63, 3.8) is 0 Å². The molecule has 0 spiro atoms. The highest BCUT2D eigenvalue weighted by molar-refractivity contribution is 5.66. The van der Waals surface area contributed by atoms with Gasteiger partial charge in [0.1, 0.15) is 6.61 Å². The largest absolute Gasteiger partial charge is 0.448 e. The number of ether oxygens (including phenoxy) is 2.